The summed E-state index contributed by atoms with van der Waals surface area (Å²) in [5.74, 6) is 1.47. The van der Waals surface area contributed by atoms with E-state index in [1.807, 2.05) is 31.6 Å². The quantitative estimate of drug-likeness (QED) is 0.513. The number of aromatic amines is 1. The molecule has 1 atom stereocenters. The van der Waals surface area contributed by atoms with Gasteiger partial charge in [0.15, 0.2) is 0 Å². The van der Waals surface area contributed by atoms with Gasteiger partial charge in [0.1, 0.15) is 5.75 Å². The summed E-state index contributed by atoms with van der Waals surface area (Å²) in [6, 6.07) is 16.7. The van der Waals surface area contributed by atoms with E-state index in [1.54, 1.807) is 18.6 Å². The van der Waals surface area contributed by atoms with Gasteiger partial charge in [-0.25, -0.2) is 4.98 Å². The van der Waals surface area contributed by atoms with Crippen LogP contribution in [0.25, 0.3) is 11.1 Å². The standard InChI is InChI=1S/C22H21N5O/c1-23-14-21(17-4-2-16(3-5-17)19-12-26-27-13-19)18-6-8-20(9-7-18)28-22-15-24-10-11-25-22/h2-13,15,21,23H,14H2,1H3,(H,26,27). The van der Waals surface area contributed by atoms with Gasteiger partial charge in [0, 0.05) is 36.6 Å². The Morgan fingerprint density at radius 1 is 0.929 bits per heavy atom. The number of aromatic nitrogens is 4. The van der Waals surface area contributed by atoms with Gasteiger partial charge in [0.05, 0.1) is 12.4 Å². The second kappa shape index (κ2) is 8.45. The van der Waals surface area contributed by atoms with E-state index in [9.17, 15) is 0 Å². The minimum atomic E-state index is 0.244. The first-order valence-corrected chi connectivity index (χ1v) is 9.11. The van der Waals surface area contributed by atoms with Crippen LogP contribution in [-0.2, 0) is 0 Å². The Kier molecular flexibility index (Phi) is 5.40. The summed E-state index contributed by atoms with van der Waals surface area (Å²) < 4.78 is 5.74. The van der Waals surface area contributed by atoms with E-state index in [0.717, 1.165) is 23.4 Å². The Balaban J connectivity index is 1.54. The highest BCUT2D eigenvalue weighted by molar-refractivity contribution is 5.62. The Labute approximate surface area is 163 Å². The van der Waals surface area contributed by atoms with Gasteiger partial charge in [-0.3, -0.25) is 10.1 Å². The van der Waals surface area contributed by atoms with Crippen LogP contribution in [0.15, 0.2) is 79.5 Å². The van der Waals surface area contributed by atoms with Crippen LogP contribution in [0.2, 0.25) is 0 Å². The zero-order chi connectivity index (χ0) is 19.2. The van der Waals surface area contributed by atoms with Gasteiger partial charge in [-0.1, -0.05) is 36.4 Å². The molecule has 0 saturated heterocycles. The summed E-state index contributed by atoms with van der Waals surface area (Å²) in [6.45, 7) is 0.843. The molecule has 2 N–H and O–H groups in total. The maximum Gasteiger partial charge on any atom is 0.237 e. The molecule has 1 unspecified atom stereocenters. The maximum atomic E-state index is 5.74. The van der Waals surface area contributed by atoms with Crippen molar-refractivity contribution >= 4 is 0 Å². The number of ether oxygens (including phenoxy) is 1. The number of nitrogens with one attached hydrogen (secondary N) is 2. The smallest absolute Gasteiger partial charge is 0.237 e. The monoisotopic (exact) mass is 371 g/mol. The van der Waals surface area contributed by atoms with Gasteiger partial charge in [0.25, 0.3) is 0 Å². The molecule has 0 aliphatic carbocycles. The van der Waals surface area contributed by atoms with Crippen LogP contribution in [-0.4, -0.2) is 33.8 Å². The molecule has 140 valence electrons. The van der Waals surface area contributed by atoms with Crippen molar-refractivity contribution in [1.29, 1.82) is 0 Å². The van der Waals surface area contributed by atoms with Crippen LogP contribution in [0.5, 0.6) is 11.6 Å². The Morgan fingerprint density at radius 2 is 1.68 bits per heavy atom. The molecule has 0 aliphatic rings. The van der Waals surface area contributed by atoms with Gasteiger partial charge < -0.3 is 10.1 Å². The lowest BCUT2D eigenvalue weighted by Gasteiger charge is -2.18. The van der Waals surface area contributed by atoms with Crippen LogP contribution < -0.4 is 10.1 Å². The molecule has 0 radical (unpaired) electrons. The van der Waals surface area contributed by atoms with Crippen molar-refractivity contribution in [3.05, 3.63) is 90.6 Å². The Bertz CT molecular complexity index is 984. The third-order valence-corrected chi connectivity index (χ3v) is 4.60. The molecule has 6 heteroatoms. The molecule has 2 aromatic heterocycles. The van der Waals surface area contributed by atoms with Crippen molar-refractivity contribution in [3.8, 4) is 22.8 Å². The third-order valence-electron chi connectivity index (χ3n) is 4.60. The maximum absolute atomic E-state index is 5.74. The molecule has 2 heterocycles. The summed E-state index contributed by atoms with van der Waals surface area (Å²) >= 11 is 0. The highest BCUT2D eigenvalue weighted by atomic mass is 16.5. The van der Waals surface area contributed by atoms with Crippen LogP contribution in [0, 0.1) is 0 Å². The van der Waals surface area contributed by atoms with E-state index >= 15 is 0 Å². The summed E-state index contributed by atoms with van der Waals surface area (Å²) in [5, 5.41) is 10.2. The van der Waals surface area contributed by atoms with E-state index < -0.39 is 0 Å². The average Bonchev–Trinajstić information content (AvgIpc) is 3.29. The molecule has 0 amide bonds. The fraction of sp³-hybridized carbons (Fsp3) is 0.136. The molecule has 0 saturated carbocycles. The molecular weight excluding hydrogens is 350 g/mol. The molecule has 0 aliphatic heterocycles. The highest BCUT2D eigenvalue weighted by Crippen LogP contribution is 2.29. The first-order chi connectivity index (χ1) is 13.8. The third kappa shape index (κ3) is 4.07. The largest absolute Gasteiger partial charge is 0.438 e. The number of hydrogen-bond acceptors (Lipinski definition) is 5. The SMILES string of the molecule is CNCC(c1ccc(Oc2cnccn2)cc1)c1ccc(-c2cn[nH]c2)cc1. The van der Waals surface area contributed by atoms with Crippen molar-refractivity contribution in [3.63, 3.8) is 0 Å². The number of likely N-dealkylation sites (N-methyl/N-ethyl adjacent to an activating group) is 1. The number of H-pyrrole nitrogens is 1. The second-order valence-electron chi connectivity index (χ2n) is 6.43. The molecule has 6 nitrogen and oxygen atoms in total. The average molecular weight is 371 g/mol. The fourth-order valence-corrected chi connectivity index (χ4v) is 3.18. The van der Waals surface area contributed by atoms with Crippen LogP contribution in [0.1, 0.15) is 17.0 Å². The number of rotatable bonds is 7. The van der Waals surface area contributed by atoms with Crippen molar-refractivity contribution in [1.82, 2.24) is 25.5 Å². The van der Waals surface area contributed by atoms with Crippen molar-refractivity contribution in [2.24, 2.45) is 0 Å². The number of nitrogens with zero attached hydrogens (tertiary/aromatic N) is 3. The lowest BCUT2D eigenvalue weighted by Crippen LogP contribution is -2.18. The van der Waals surface area contributed by atoms with E-state index in [-0.39, 0.29) is 5.92 Å². The van der Waals surface area contributed by atoms with Gasteiger partial charge in [-0.15, -0.1) is 0 Å². The molecule has 2 aromatic carbocycles. The first kappa shape index (κ1) is 17.9. The van der Waals surface area contributed by atoms with Gasteiger partial charge in [-0.2, -0.15) is 5.10 Å². The van der Waals surface area contributed by atoms with Crippen molar-refractivity contribution < 1.29 is 4.74 Å². The van der Waals surface area contributed by atoms with Gasteiger partial charge >= 0.3 is 0 Å². The minimum absolute atomic E-state index is 0.244. The molecule has 0 fully saturated rings. The summed E-state index contributed by atoms with van der Waals surface area (Å²) in [7, 11) is 1.97. The molecule has 0 spiro atoms. The van der Waals surface area contributed by atoms with E-state index in [4.69, 9.17) is 4.74 Å². The number of hydrogen-bond donors (Lipinski definition) is 2. The second-order valence-corrected chi connectivity index (χ2v) is 6.43. The normalized spacial score (nSPS) is 11.9. The predicted octanol–water partition coefficient (Wildman–Crippen LogP) is 4.01. The zero-order valence-electron chi connectivity index (χ0n) is 15.5. The van der Waals surface area contributed by atoms with Crippen LogP contribution in [0.4, 0.5) is 0 Å². The highest BCUT2D eigenvalue weighted by Gasteiger charge is 2.14. The van der Waals surface area contributed by atoms with Crippen LogP contribution >= 0.6 is 0 Å². The summed E-state index contributed by atoms with van der Waals surface area (Å²) in [5.41, 5.74) is 4.71. The minimum Gasteiger partial charge on any atom is -0.438 e. The summed E-state index contributed by atoms with van der Waals surface area (Å²) in [6.07, 6.45) is 8.56. The lowest BCUT2D eigenvalue weighted by molar-refractivity contribution is 0.460. The molecule has 4 rings (SSSR count). The van der Waals surface area contributed by atoms with E-state index in [2.05, 4.69) is 61.9 Å². The molecule has 0 bridgehead atoms. The van der Waals surface area contributed by atoms with E-state index in [0.29, 0.717) is 5.88 Å². The zero-order valence-corrected chi connectivity index (χ0v) is 15.5. The topological polar surface area (TPSA) is 75.7 Å². The Morgan fingerprint density at radius 3 is 2.29 bits per heavy atom. The van der Waals surface area contributed by atoms with Gasteiger partial charge in [0.2, 0.25) is 5.88 Å². The van der Waals surface area contributed by atoms with Crippen molar-refractivity contribution in [2.75, 3.05) is 13.6 Å². The van der Waals surface area contributed by atoms with Crippen LogP contribution in [0.3, 0.4) is 0 Å². The molecular formula is C22H21N5O. The van der Waals surface area contributed by atoms with E-state index in [1.165, 1.54) is 11.1 Å². The molecule has 28 heavy (non-hydrogen) atoms. The number of benzene rings is 2. The van der Waals surface area contributed by atoms with Gasteiger partial charge in [-0.05, 0) is 35.9 Å². The predicted molar refractivity (Wildman–Crippen MR) is 108 cm³/mol. The lowest BCUT2D eigenvalue weighted by atomic mass is 9.90. The Hall–Kier alpha value is -3.51. The molecule has 4 aromatic rings. The fourth-order valence-electron chi connectivity index (χ4n) is 3.18. The first-order valence-electron chi connectivity index (χ1n) is 9.11. The summed E-state index contributed by atoms with van der Waals surface area (Å²) in [4.78, 5) is 8.15. The van der Waals surface area contributed by atoms with Crippen molar-refractivity contribution in [2.45, 2.75) is 5.92 Å².